The fourth-order valence-corrected chi connectivity index (χ4v) is 4.19. The zero-order chi connectivity index (χ0) is 23.0. The molecule has 4 N–H and O–H groups in total. The minimum absolute atomic E-state index is 0.138. The molecule has 2 aromatic carbocycles. The van der Waals surface area contributed by atoms with Crippen molar-refractivity contribution in [3.63, 3.8) is 0 Å². The molecule has 8 heteroatoms. The van der Waals surface area contributed by atoms with Crippen LogP contribution < -0.4 is 20.9 Å². The van der Waals surface area contributed by atoms with Crippen LogP contribution in [0.5, 0.6) is 17.2 Å². The van der Waals surface area contributed by atoms with E-state index in [0.717, 1.165) is 30.6 Å². The zero-order valence-electron chi connectivity index (χ0n) is 18.1. The monoisotopic (exact) mass is 459 g/mol. The number of hydrogen-bond donors (Lipinski definition) is 2. The Hall–Kier alpha value is -3.83. The molecule has 1 saturated carbocycles. The minimum Gasteiger partial charge on any atom is -0.488 e. The van der Waals surface area contributed by atoms with Gasteiger partial charge in [-0.25, -0.2) is 4.99 Å². The van der Waals surface area contributed by atoms with Gasteiger partial charge in [-0.1, -0.05) is 18.9 Å². The SMILES string of the molecule is N#CC(=Nc1ccc(Oc2cccc(OCc3cncs3)c2)cc1)/C(N)=C(\N)C1CCCC1. The molecule has 1 aliphatic carbocycles. The molecule has 0 bridgehead atoms. The van der Waals surface area contributed by atoms with Crippen molar-refractivity contribution in [1.29, 1.82) is 5.26 Å². The number of nitriles is 1. The quantitative estimate of drug-likeness (QED) is 0.434. The number of benzene rings is 2. The topological polar surface area (TPSA) is 120 Å². The van der Waals surface area contributed by atoms with Crippen LogP contribution in [-0.4, -0.2) is 10.7 Å². The zero-order valence-corrected chi connectivity index (χ0v) is 18.9. The van der Waals surface area contributed by atoms with Crippen molar-refractivity contribution in [2.75, 3.05) is 0 Å². The van der Waals surface area contributed by atoms with E-state index in [1.165, 1.54) is 0 Å². The van der Waals surface area contributed by atoms with Gasteiger partial charge in [0.25, 0.3) is 0 Å². The maximum absolute atomic E-state index is 9.54. The van der Waals surface area contributed by atoms with Crippen LogP contribution in [-0.2, 0) is 6.61 Å². The van der Waals surface area contributed by atoms with Crippen LogP contribution in [0, 0.1) is 17.2 Å². The molecule has 3 aromatic rings. The molecule has 1 aromatic heterocycles. The van der Waals surface area contributed by atoms with Gasteiger partial charge >= 0.3 is 0 Å². The van der Waals surface area contributed by atoms with Crippen LogP contribution in [0.2, 0.25) is 0 Å². The molecule has 7 nitrogen and oxygen atoms in total. The van der Waals surface area contributed by atoms with Gasteiger partial charge in [-0.15, -0.1) is 11.3 Å². The summed E-state index contributed by atoms with van der Waals surface area (Å²) in [6.07, 6.45) is 6.09. The van der Waals surface area contributed by atoms with E-state index in [1.807, 2.05) is 24.3 Å². The predicted octanol–water partition coefficient (Wildman–Crippen LogP) is 5.43. The first kappa shape index (κ1) is 22.4. The lowest BCUT2D eigenvalue weighted by Crippen LogP contribution is -2.21. The predicted molar refractivity (Wildman–Crippen MR) is 129 cm³/mol. The molecule has 1 fully saturated rings. The molecule has 0 spiro atoms. The van der Waals surface area contributed by atoms with Crippen LogP contribution in [0.4, 0.5) is 5.69 Å². The van der Waals surface area contributed by atoms with E-state index < -0.39 is 0 Å². The number of nitrogens with zero attached hydrogens (tertiary/aromatic N) is 3. The Morgan fingerprint density at radius 2 is 1.85 bits per heavy atom. The van der Waals surface area contributed by atoms with Gasteiger partial charge in [0.1, 0.15) is 29.9 Å². The van der Waals surface area contributed by atoms with Crippen LogP contribution in [0.15, 0.2) is 76.6 Å². The normalized spacial score (nSPS) is 15.1. The highest BCUT2D eigenvalue weighted by Gasteiger charge is 2.21. The molecule has 168 valence electrons. The maximum atomic E-state index is 9.54. The Kier molecular flexibility index (Phi) is 7.22. The van der Waals surface area contributed by atoms with Crippen molar-refractivity contribution in [1.82, 2.24) is 4.98 Å². The van der Waals surface area contributed by atoms with Gasteiger partial charge in [-0.05, 0) is 49.2 Å². The number of thiazole rings is 1. The van der Waals surface area contributed by atoms with Gasteiger partial charge in [0, 0.05) is 23.9 Å². The average molecular weight is 460 g/mol. The summed E-state index contributed by atoms with van der Waals surface area (Å²) in [4.78, 5) is 9.49. The second-order valence-electron chi connectivity index (χ2n) is 7.75. The first-order valence-electron chi connectivity index (χ1n) is 10.7. The number of ether oxygens (including phenoxy) is 2. The van der Waals surface area contributed by atoms with Crippen molar-refractivity contribution >= 4 is 22.7 Å². The van der Waals surface area contributed by atoms with Crippen LogP contribution in [0.3, 0.4) is 0 Å². The molecular weight excluding hydrogens is 434 g/mol. The number of aromatic nitrogens is 1. The molecule has 4 rings (SSSR count). The van der Waals surface area contributed by atoms with Crippen molar-refractivity contribution in [3.8, 4) is 23.3 Å². The third kappa shape index (κ3) is 5.90. The molecule has 0 unspecified atom stereocenters. The number of hydrogen-bond acceptors (Lipinski definition) is 8. The molecule has 1 heterocycles. The molecule has 0 aliphatic heterocycles. The van der Waals surface area contributed by atoms with Crippen molar-refractivity contribution in [2.24, 2.45) is 22.4 Å². The minimum atomic E-state index is 0.138. The van der Waals surface area contributed by atoms with Gasteiger partial charge in [-0.3, -0.25) is 4.98 Å². The van der Waals surface area contributed by atoms with Crippen LogP contribution >= 0.6 is 11.3 Å². The van der Waals surface area contributed by atoms with E-state index in [9.17, 15) is 5.26 Å². The summed E-state index contributed by atoms with van der Waals surface area (Å²) in [7, 11) is 0. The van der Waals surface area contributed by atoms with E-state index in [4.69, 9.17) is 20.9 Å². The fourth-order valence-electron chi connectivity index (χ4n) is 3.69. The number of aliphatic imine (C=N–C) groups is 1. The number of nitrogens with two attached hydrogens (primary N) is 2. The summed E-state index contributed by atoms with van der Waals surface area (Å²) in [6, 6.07) is 16.6. The highest BCUT2D eigenvalue weighted by molar-refractivity contribution is 7.09. The summed E-state index contributed by atoms with van der Waals surface area (Å²) in [5, 5.41) is 9.54. The summed E-state index contributed by atoms with van der Waals surface area (Å²) >= 11 is 1.55. The Labute approximate surface area is 197 Å². The molecular formula is C25H25N5O2S. The molecule has 0 saturated heterocycles. The fraction of sp³-hybridized carbons (Fsp3) is 0.240. The lowest BCUT2D eigenvalue weighted by molar-refractivity contribution is 0.308. The summed E-state index contributed by atoms with van der Waals surface area (Å²) in [6.45, 7) is 0.463. The van der Waals surface area contributed by atoms with Crippen molar-refractivity contribution < 1.29 is 9.47 Å². The van der Waals surface area contributed by atoms with Crippen molar-refractivity contribution in [3.05, 3.63) is 76.5 Å². The second kappa shape index (κ2) is 10.7. The van der Waals surface area contributed by atoms with Crippen LogP contribution in [0.1, 0.15) is 30.6 Å². The second-order valence-corrected chi connectivity index (χ2v) is 8.72. The smallest absolute Gasteiger partial charge is 0.165 e. The van der Waals surface area contributed by atoms with Gasteiger partial charge in [0.05, 0.1) is 21.8 Å². The van der Waals surface area contributed by atoms with Crippen molar-refractivity contribution in [2.45, 2.75) is 32.3 Å². The Balaban J connectivity index is 1.42. The molecule has 0 amide bonds. The Morgan fingerprint density at radius 3 is 2.55 bits per heavy atom. The third-order valence-electron chi connectivity index (χ3n) is 5.45. The Bertz CT molecular complexity index is 1170. The maximum Gasteiger partial charge on any atom is 0.165 e. The largest absolute Gasteiger partial charge is 0.488 e. The van der Waals surface area contributed by atoms with Gasteiger partial charge < -0.3 is 20.9 Å². The molecule has 0 radical (unpaired) electrons. The molecule has 0 atom stereocenters. The number of allylic oxidation sites excluding steroid dienone is 2. The van der Waals surface area contributed by atoms with Gasteiger partial charge in [0.15, 0.2) is 5.71 Å². The summed E-state index contributed by atoms with van der Waals surface area (Å²) in [5.41, 5.74) is 15.7. The van der Waals surface area contributed by atoms with E-state index in [2.05, 4.69) is 16.0 Å². The molecule has 1 aliphatic rings. The lowest BCUT2D eigenvalue weighted by atomic mass is 10.0. The summed E-state index contributed by atoms with van der Waals surface area (Å²) in [5.74, 6) is 2.24. The Morgan fingerprint density at radius 1 is 1.09 bits per heavy atom. The van der Waals surface area contributed by atoms with E-state index in [-0.39, 0.29) is 17.3 Å². The van der Waals surface area contributed by atoms with Gasteiger partial charge in [-0.2, -0.15) is 5.26 Å². The standard InChI is InChI=1S/C25H25N5O2S/c26-13-23(25(28)24(27)17-4-1-2-5-17)30-18-8-10-19(11-9-18)32-21-7-3-6-20(12-21)31-15-22-14-29-16-33-22/h3,6-12,14,16-17H,1-2,4-5,15,27-28H2/b25-24+,30-23?. The number of rotatable bonds is 8. The van der Waals surface area contributed by atoms with E-state index in [1.54, 1.807) is 47.3 Å². The molecule has 33 heavy (non-hydrogen) atoms. The third-order valence-corrected chi connectivity index (χ3v) is 6.20. The van der Waals surface area contributed by atoms with E-state index in [0.29, 0.717) is 35.2 Å². The highest BCUT2D eigenvalue weighted by Crippen LogP contribution is 2.30. The summed E-state index contributed by atoms with van der Waals surface area (Å²) < 4.78 is 11.7. The van der Waals surface area contributed by atoms with Crippen LogP contribution in [0.25, 0.3) is 0 Å². The van der Waals surface area contributed by atoms with E-state index >= 15 is 0 Å². The average Bonchev–Trinajstić information content (AvgIpc) is 3.56. The highest BCUT2D eigenvalue weighted by atomic mass is 32.1. The lowest BCUT2D eigenvalue weighted by Gasteiger charge is -2.12. The van der Waals surface area contributed by atoms with Gasteiger partial charge in [0.2, 0.25) is 0 Å². The first-order valence-corrected chi connectivity index (χ1v) is 11.6. The first-order chi connectivity index (χ1) is 16.1.